The van der Waals surface area contributed by atoms with Crippen LogP contribution in [0.2, 0.25) is 0 Å². The van der Waals surface area contributed by atoms with Gasteiger partial charge >= 0.3 is 0 Å². The van der Waals surface area contributed by atoms with E-state index in [4.69, 9.17) is 0 Å². The van der Waals surface area contributed by atoms with Crippen LogP contribution in [0.1, 0.15) is 16.7 Å². The Balaban J connectivity index is 1.81. The van der Waals surface area contributed by atoms with Gasteiger partial charge < -0.3 is 10.2 Å². The number of amides is 1. The van der Waals surface area contributed by atoms with E-state index in [0.717, 1.165) is 17.7 Å². The molecular weight excluding hydrogens is 280 g/mol. The highest BCUT2D eigenvalue weighted by Gasteiger charge is 1.99. The second-order valence-corrected chi connectivity index (χ2v) is 5.94. The Morgan fingerprint density at radius 2 is 1.90 bits per heavy atom. The molecule has 0 fully saturated rings. The Bertz CT molecular complexity index is 586. The molecule has 1 aromatic heterocycles. The van der Waals surface area contributed by atoms with Crippen molar-refractivity contribution in [2.75, 3.05) is 14.1 Å². The van der Waals surface area contributed by atoms with Crippen LogP contribution in [-0.2, 0) is 17.9 Å². The second kappa shape index (κ2) is 7.76. The molecule has 0 aliphatic heterocycles. The highest BCUT2D eigenvalue weighted by Crippen LogP contribution is 2.08. The highest BCUT2D eigenvalue weighted by molar-refractivity contribution is 7.08. The van der Waals surface area contributed by atoms with Crippen molar-refractivity contribution in [2.45, 2.75) is 13.1 Å². The van der Waals surface area contributed by atoms with Gasteiger partial charge in [-0.05, 0) is 53.7 Å². The van der Waals surface area contributed by atoms with Crippen molar-refractivity contribution >= 4 is 23.3 Å². The van der Waals surface area contributed by atoms with Crippen molar-refractivity contribution in [1.29, 1.82) is 0 Å². The van der Waals surface area contributed by atoms with E-state index in [2.05, 4.69) is 34.5 Å². The Hall–Kier alpha value is -1.91. The Morgan fingerprint density at radius 1 is 1.19 bits per heavy atom. The van der Waals surface area contributed by atoms with Gasteiger partial charge in [-0.1, -0.05) is 24.3 Å². The molecule has 0 saturated carbocycles. The van der Waals surface area contributed by atoms with Crippen LogP contribution in [0.3, 0.4) is 0 Å². The molecule has 0 saturated heterocycles. The van der Waals surface area contributed by atoms with Crippen LogP contribution in [0.4, 0.5) is 0 Å². The van der Waals surface area contributed by atoms with E-state index in [1.807, 2.05) is 37.0 Å². The van der Waals surface area contributed by atoms with Crippen LogP contribution < -0.4 is 5.32 Å². The van der Waals surface area contributed by atoms with Crippen molar-refractivity contribution in [3.8, 4) is 0 Å². The third-order valence-corrected chi connectivity index (χ3v) is 3.66. The van der Waals surface area contributed by atoms with Gasteiger partial charge in [-0.2, -0.15) is 11.3 Å². The first kappa shape index (κ1) is 15.5. The van der Waals surface area contributed by atoms with Gasteiger partial charge in [0.2, 0.25) is 5.91 Å². The maximum atomic E-state index is 11.7. The van der Waals surface area contributed by atoms with Gasteiger partial charge in [0.1, 0.15) is 0 Å². The van der Waals surface area contributed by atoms with E-state index in [-0.39, 0.29) is 5.91 Å². The molecule has 1 aromatic carbocycles. The lowest BCUT2D eigenvalue weighted by atomic mass is 10.1. The van der Waals surface area contributed by atoms with E-state index < -0.39 is 0 Å². The molecular formula is C17H20N2OS. The van der Waals surface area contributed by atoms with E-state index in [9.17, 15) is 4.79 Å². The van der Waals surface area contributed by atoms with Gasteiger partial charge in [0.25, 0.3) is 0 Å². The molecule has 0 radical (unpaired) electrons. The van der Waals surface area contributed by atoms with Crippen molar-refractivity contribution in [2.24, 2.45) is 0 Å². The van der Waals surface area contributed by atoms with E-state index in [1.54, 1.807) is 17.4 Å². The minimum absolute atomic E-state index is 0.0708. The number of benzene rings is 1. The lowest BCUT2D eigenvalue weighted by Gasteiger charge is -2.10. The molecule has 0 bridgehead atoms. The molecule has 1 amide bonds. The zero-order valence-corrected chi connectivity index (χ0v) is 13.2. The number of carbonyl (C=O) groups is 1. The van der Waals surface area contributed by atoms with Crippen molar-refractivity contribution < 1.29 is 4.79 Å². The maximum absolute atomic E-state index is 11.7. The molecule has 0 atom stereocenters. The first-order chi connectivity index (χ1) is 10.1. The SMILES string of the molecule is CN(C)Cc1ccc(CNC(=O)/C=C/c2ccsc2)cc1. The van der Waals surface area contributed by atoms with E-state index >= 15 is 0 Å². The largest absolute Gasteiger partial charge is 0.348 e. The third kappa shape index (κ3) is 5.53. The zero-order valence-electron chi connectivity index (χ0n) is 12.4. The average molecular weight is 300 g/mol. The molecule has 2 rings (SSSR count). The summed E-state index contributed by atoms with van der Waals surface area (Å²) in [6, 6.07) is 10.3. The second-order valence-electron chi connectivity index (χ2n) is 5.16. The van der Waals surface area contributed by atoms with Gasteiger partial charge in [-0.3, -0.25) is 4.79 Å². The summed E-state index contributed by atoms with van der Waals surface area (Å²) in [6.45, 7) is 1.48. The van der Waals surface area contributed by atoms with Crippen molar-refractivity contribution in [1.82, 2.24) is 10.2 Å². The normalized spacial score (nSPS) is 11.2. The van der Waals surface area contributed by atoms with Gasteiger partial charge in [0, 0.05) is 19.2 Å². The van der Waals surface area contributed by atoms with Gasteiger partial charge in [0.05, 0.1) is 0 Å². The number of hydrogen-bond donors (Lipinski definition) is 1. The molecule has 4 heteroatoms. The van der Waals surface area contributed by atoms with Gasteiger partial charge in [0.15, 0.2) is 0 Å². The number of carbonyl (C=O) groups excluding carboxylic acids is 1. The standard InChI is InChI=1S/C17H20N2OS/c1-19(2)12-15-5-3-14(4-6-15)11-18-17(20)8-7-16-9-10-21-13-16/h3-10,13H,11-12H2,1-2H3,(H,18,20)/b8-7+. The first-order valence-electron chi connectivity index (χ1n) is 6.84. The molecule has 110 valence electrons. The van der Waals surface area contributed by atoms with Crippen LogP contribution in [0.15, 0.2) is 47.2 Å². The molecule has 0 aliphatic rings. The minimum atomic E-state index is -0.0708. The Morgan fingerprint density at radius 3 is 2.52 bits per heavy atom. The topological polar surface area (TPSA) is 32.3 Å². The molecule has 0 spiro atoms. The third-order valence-electron chi connectivity index (χ3n) is 2.96. The number of rotatable bonds is 6. The fourth-order valence-electron chi connectivity index (χ4n) is 1.92. The fourth-order valence-corrected chi connectivity index (χ4v) is 2.55. The number of thiophene rings is 1. The summed E-state index contributed by atoms with van der Waals surface area (Å²) in [6.07, 6.45) is 3.40. The highest BCUT2D eigenvalue weighted by atomic mass is 32.1. The average Bonchev–Trinajstić information content (AvgIpc) is 2.97. The van der Waals surface area contributed by atoms with Crippen LogP contribution in [0.25, 0.3) is 6.08 Å². The summed E-state index contributed by atoms with van der Waals surface area (Å²) in [4.78, 5) is 13.9. The smallest absolute Gasteiger partial charge is 0.244 e. The molecule has 0 aliphatic carbocycles. The minimum Gasteiger partial charge on any atom is -0.348 e. The number of hydrogen-bond acceptors (Lipinski definition) is 3. The quantitative estimate of drug-likeness (QED) is 0.831. The first-order valence-corrected chi connectivity index (χ1v) is 7.78. The summed E-state index contributed by atoms with van der Waals surface area (Å²) in [5.74, 6) is -0.0708. The van der Waals surface area contributed by atoms with Crippen LogP contribution in [0.5, 0.6) is 0 Å². The molecule has 2 aromatic rings. The van der Waals surface area contributed by atoms with Gasteiger partial charge in [-0.15, -0.1) is 0 Å². The molecule has 1 heterocycles. The number of nitrogens with zero attached hydrogens (tertiary/aromatic N) is 1. The Labute approximate surface area is 129 Å². The zero-order chi connectivity index (χ0) is 15.1. The Kier molecular flexibility index (Phi) is 5.72. The van der Waals surface area contributed by atoms with E-state index in [1.165, 1.54) is 5.56 Å². The van der Waals surface area contributed by atoms with Crippen LogP contribution in [-0.4, -0.2) is 24.9 Å². The fraction of sp³-hybridized carbons (Fsp3) is 0.235. The van der Waals surface area contributed by atoms with Crippen LogP contribution >= 0.6 is 11.3 Å². The lowest BCUT2D eigenvalue weighted by molar-refractivity contribution is -0.116. The molecule has 21 heavy (non-hydrogen) atoms. The van der Waals surface area contributed by atoms with E-state index in [0.29, 0.717) is 6.54 Å². The molecule has 1 N–H and O–H groups in total. The summed E-state index contributed by atoms with van der Waals surface area (Å²) in [5, 5.41) is 6.89. The molecule has 3 nitrogen and oxygen atoms in total. The predicted molar refractivity (Wildman–Crippen MR) is 89.0 cm³/mol. The summed E-state index contributed by atoms with van der Waals surface area (Å²) in [5.41, 5.74) is 3.44. The van der Waals surface area contributed by atoms with Gasteiger partial charge in [-0.25, -0.2) is 0 Å². The maximum Gasteiger partial charge on any atom is 0.244 e. The molecule has 0 unspecified atom stereocenters. The summed E-state index contributed by atoms with van der Waals surface area (Å²) in [7, 11) is 4.10. The monoisotopic (exact) mass is 300 g/mol. The lowest BCUT2D eigenvalue weighted by Crippen LogP contribution is -2.20. The van der Waals surface area contributed by atoms with Crippen LogP contribution in [0, 0.1) is 0 Å². The predicted octanol–water partition coefficient (Wildman–Crippen LogP) is 3.14. The summed E-state index contributed by atoms with van der Waals surface area (Å²) < 4.78 is 0. The van der Waals surface area contributed by atoms with Crippen molar-refractivity contribution in [3.05, 3.63) is 63.9 Å². The van der Waals surface area contributed by atoms with Crippen molar-refractivity contribution in [3.63, 3.8) is 0 Å². The number of nitrogens with one attached hydrogen (secondary N) is 1. The summed E-state index contributed by atoms with van der Waals surface area (Å²) >= 11 is 1.62.